The van der Waals surface area contributed by atoms with Crippen molar-refractivity contribution in [1.82, 2.24) is 19.6 Å². The SMILES string of the molecule is Cn1nc(C(=O)N2CCCCC2)c2c1CCC(N(CCO)Cc1ccccc1)C2. The van der Waals surface area contributed by atoms with Gasteiger partial charge in [0.1, 0.15) is 0 Å². The summed E-state index contributed by atoms with van der Waals surface area (Å²) in [6.45, 7) is 3.29. The molecule has 1 atom stereocenters. The van der Waals surface area contributed by atoms with Crippen molar-refractivity contribution in [3.05, 3.63) is 52.8 Å². The maximum absolute atomic E-state index is 13.2. The second kappa shape index (κ2) is 9.09. The number of nitrogens with zero attached hydrogens (tertiary/aromatic N) is 4. The van der Waals surface area contributed by atoms with Crippen LogP contribution in [0.25, 0.3) is 0 Å². The summed E-state index contributed by atoms with van der Waals surface area (Å²) in [5, 5.41) is 14.3. The monoisotopic (exact) mass is 396 g/mol. The largest absolute Gasteiger partial charge is 0.395 e. The molecule has 1 fully saturated rings. The van der Waals surface area contributed by atoms with Gasteiger partial charge < -0.3 is 10.0 Å². The first-order chi connectivity index (χ1) is 14.2. The third-order valence-corrected chi connectivity index (χ3v) is 6.41. The molecule has 1 unspecified atom stereocenters. The van der Waals surface area contributed by atoms with Gasteiger partial charge in [-0.1, -0.05) is 30.3 Å². The number of hydrogen-bond acceptors (Lipinski definition) is 4. The van der Waals surface area contributed by atoms with E-state index in [1.807, 2.05) is 22.7 Å². The number of rotatable bonds is 6. The van der Waals surface area contributed by atoms with Gasteiger partial charge in [-0.05, 0) is 44.1 Å². The van der Waals surface area contributed by atoms with Gasteiger partial charge in [0.15, 0.2) is 5.69 Å². The number of benzene rings is 1. The van der Waals surface area contributed by atoms with Crippen LogP contribution in [0.1, 0.15) is 53.0 Å². The Bertz CT molecular complexity index is 827. The maximum atomic E-state index is 13.2. The van der Waals surface area contributed by atoms with Crippen molar-refractivity contribution < 1.29 is 9.90 Å². The standard InChI is InChI=1S/C23H32N4O2/c1-25-21-11-10-19(27(14-15-28)17-18-8-4-2-5-9-18)16-20(21)22(24-25)23(29)26-12-6-3-7-13-26/h2,4-5,8-9,19,28H,3,6-7,10-17H2,1H3. The summed E-state index contributed by atoms with van der Waals surface area (Å²) in [5.41, 5.74) is 4.22. The Morgan fingerprint density at radius 2 is 1.97 bits per heavy atom. The van der Waals surface area contributed by atoms with Crippen LogP contribution in [0.5, 0.6) is 0 Å². The summed E-state index contributed by atoms with van der Waals surface area (Å²) in [5.74, 6) is 0.0963. The lowest BCUT2D eigenvalue weighted by Crippen LogP contribution is -2.41. The van der Waals surface area contributed by atoms with Gasteiger partial charge in [0.2, 0.25) is 0 Å². The Hall–Kier alpha value is -2.18. The Morgan fingerprint density at radius 1 is 1.21 bits per heavy atom. The van der Waals surface area contributed by atoms with Crippen molar-refractivity contribution in [2.45, 2.75) is 51.1 Å². The summed E-state index contributed by atoms with van der Waals surface area (Å²) in [6, 6.07) is 10.7. The topological polar surface area (TPSA) is 61.6 Å². The highest BCUT2D eigenvalue weighted by molar-refractivity contribution is 5.94. The van der Waals surface area contributed by atoms with Crippen LogP contribution < -0.4 is 0 Å². The number of hydrogen-bond donors (Lipinski definition) is 1. The molecule has 1 N–H and O–H groups in total. The maximum Gasteiger partial charge on any atom is 0.274 e. The first kappa shape index (κ1) is 20.1. The second-order valence-corrected chi connectivity index (χ2v) is 8.33. The van der Waals surface area contributed by atoms with Crippen LogP contribution in [0.3, 0.4) is 0 Å². The van der Waals surface area contributed by atoms with Gasteiger partial charge in [0.25, 0.3) is 5.91 Å². The number of aliphatic hydroxyl groups excluding tert-OH is 1. The van der Waals surface area contributed by atoms with E-state index in [1.54, 1.807) is 0 Å². The van der Waals surface area contributed by atoms with Crippen LogP contribution in [-0.4, -0.2) is 62.9 Å². The summed E-state index contributed by atoms with van der Waals surface area (Å²) in [7, 11) is 1.96. The predicted octanol–water partition coefficient (Wildman–Crippen LogP) is 2.40. The van der Waals surface area contributed by atoms with E-state index < -0.39 is 0 Å². The molecule has 1 amide bonds. The zero-order chi connectivity index (χ0) is 20.2. The normalized spacial score (nSPS) is 19.4. The van der Waals surface area contributed by atoms with Crippen LogP contribution >= 0.6 is 0 Å². The molecule has 1 aliphatic heterocycles. The Kier molecular flexibility index (Phi) is 6.31. The zero-order valence-corrected chi connectivity index (χ0v) is 17.4. The van der Waals surface area contributed by atoms with Crippen LogP contribution in [0.15, 0.2) is 30.3 Å². The molecule has 2 aliphatic rings. The molecular weight excluding hydrogens is 364 g/mol. The fourth-order valence-electron chi connectivity index (χ4n) is 4.84. The molecular formula is C23H32N4O2. The minimum atomic E-state index is 0.0963. The summed E-state index contributed by atoms with van der Waals surface area (Å²) < 4.78 is 1.91. The molecule has 2 aromatic rings. The highest BCUT2D eigenvalue weighted by Crippen LogP contribution is 2.29. The summed E-state index contributed by atoms with van der Waals surface area (Å²) in [6.07, 6.45) is 6.16. The van der Waals surface area contributed by atoms with Crippen LogP contribution in [0.2, 0.25) is 0 Å². The first-order valence-electron chi connectivity index (χ1n) is 10.9. The number of amides is 1. The molecule has 0 spiro atoms. The second-order valence-electron chi connectivity index (χ2n) is 8.33. The Morgan fingerprint density at radius 3 is 2.69 bits per heavy atom. The van der Waals surface area contributed by atoms with Crippen molar-refractivity contribution in [1.29, 1.82) is 0 Å². The minimum Gasteiger partial charge on any atom is -0.395 e. The average Bonchev–Trinajstić information content (AvgIpc) is 3.10. The molecule has 2 heterocycles. The number of carbonyl (C=O) groups excluding carboxylic acids is 1. The first-order valence-corrected chi connectivity index (χ1v) is 10.9. The third kappa shape index (κ3) is 4.38. The van der Waals surface area contributed by atoms with Crippen LogP contribution in [-0.2, 0) is 26.4 Å². The van der Waals surface area contributed by atoms with Gasteiger partial charge in [0, 0.05) is 50.5 Å². The van der Waals surface area contributed by atoms with Gasteiger partial charge >= 0.3 is 0 Å². The molecule has 4 rings (SSSR count). The van der Waals surface area contributed by atoms with E-state index in [1.165, 1.54) is 17.7 Å². The number of piperidine rings is 1. The molecule has 156 valence electrons. The number of fused-ring (bicyclic) bond motifs is 1. The average molecular weight is 397 g/mol. The van der Waals surface area contributed by atoms with Crippen molar-refractivity contribution >= 4 is 5.91 Å². The zero-order valence-electron chi connectivity index (χ0n) is 17.4. The molecule has 1 aromatic heterocycles. The van der Waals surface area contributed by atoms with Gasteiger partial charge in [-0.2, -0.15) is 5.10 Å². The van der Waals surface area contributed by atoms with Crippen LogP contribution in [0, 0.1) is 0 Å². The van der Waals surface area contributed by atoms with Crippen molar-refractivity contribution in [3.63, 3.8) is 0 Å². The fourth-order valence-corrected chi connectivity index (χ4v) is 4.84. The number of carbonyl (C=O) groups is 1. The number of aryl methyl sites for hydroxylation is 1. The van der Waals surface area contributed by atoms with Crippen LogP contribution in [0.4, 0.5) is 0 Å². The fraction of sp³-hybridized carbons (Fsp3) is 0.565. The quantitative estimate of drug-likeness (QED) is 0.815. The molecule has 29 heavy (non-hydrogen) atoms. The molecule has 0 saturated carbocycles. The summed E-state index contributed by atoms with van der Waals surface area (Å²) in [4.78, 5) is 17.5. The number of aromatic nitrogens is 2. The van der Waals surface area contributed by atoms with Gasteiger partial charge in [-0.25, -0.2) is 0 Å². The van der Waals surface area contributed by atoms with Crippen molar-refractivity contribution in [2.24, 2.45) is 7.05 Å². The minimum absolute atomic E-state index is 0.0963. The van der Waals surface area contributed by atoms with Gasteiger partial charge in [-0.3, -0.25) is 14.4 Å². The van der Waals surface area contributed by atoms with Crippen molar-refractivity contribution in [3.8, 4) is 0 Å². The highest BCUT2D eigenvalue weighted by atomic mass is 16.3. The van der Waals surface area contributed by atoms with Gasteiger partial charge in [-0.15, -0.1) is 0 Å². The molecule has 6 nitrogen and oxygen atoms in total. The van der Waals surface area contributed by atoms with E-state index in [9.17, 15) is 9.90 Å². The van der Waals surface area contributed by atoms with E-state index in [0.29, 0.717) is 18.3 Å². The highest BCUT2D eigenvalue weighted by Gasteiger charge is 2.32. The van der Waals surface area contributed by atoms with E-state index in [0.717, 1.165) is 57.3 Å². The molecule has 0 radical (unpaired) electrons. The van der Waals surface area contributed by atoms with Crippen molar-refractivity contribution in [2.75, 3.05) is 26.2 Å². The lowest BCUT2D eigenvalue weighted by molar-refractivity contribution is 0.0715. The predicted molar refractivity (Wildman–Crippen MR) is 113 cm³/mol. The molecule has 6 heteroatoms. The lowest BCUT2D eigenvalue weighted by Gasteiger charge is -2.34. The van der Waals surface area contributed by atoms with E-state index in [2.05, 4.69) is 34.3 Å². The van der Waals surface area contributed by atoms with E-state index in [4.69, 9.17) is 0 Å². The molecule has 0 bridgehead atoms. The lowest BCUT2D eigenvalue weighted by atomic mass is 9.89. The molecule has 1 aliphatic carbocycles. The number of likely N-dealkylation sites (tertiary alicyclic amines) is 1. The summed E-state index contributed by atoms with van der Waals surface area (Å²) >= 11 is 0. The van der Waals surface area contributed by atoms with E-state index >= 15 is 0 Å². The molecule has 1 saturated heterocycles. The Balaban J connectivity index is 1.55. The van der Waals surface area contributed by atoms with E-state index in [-0.39, 0.29) is 12.5 Å². The Labute approximate surface area is 173 Å². The number of aliphatic hydroxyl groups is 1. The third-order valence-electron chi connectivity index (χ3n) is 6.41. The molecule has 1 aromatic carbocycles. The van der Waals surface area contributed by atoms with Gasteiger partial charge in [0.05, 0.1) is 6.61 Å². The smallest absolute Gasteiger partial charge is 0.274 e.